The van der Waals surface area contributed by atoms with Crippen LogP contribution in [0.25, 0.3) is 0 Å². The molecule has 0 saturated heterocycles. The Hall–Kier alpha value is -1.87. The lowest BCUT2D eigenvalue weighted by Crippen LogP contribution is -2.20. The zero-order chi connectivity index (χ0) is 13.0. The monoisotopic (exact) mass is 241 g/mol. The normalized spacial score (nSPS) is 12.2. The van der Waals surface area contributed by atoms with Gasteiger partial charge in [0.15, 0.2) is 0 Å². The van der Waals surface area contributed by atoms with Crippen molar-refractivity contribution in [2.24, 2.45) is 5.73 Å². The van der Waals surface area contributed by atoms with E-state index in [0.29, 0.717) is 0 Å². The molecule has 3 heteroatoms. The highest BCUT2D eigenvalue weighted by molar-refractivity contribution is 5.54. The van der Waals surface area contributed by atoms with Gasteiger partial charge in [-0.2, -0.15) is 0 Å². The largest absolute Gasteiger partial charge is 0.370 e. The summed E-state index contributed by atoms with van der Waals surface area (Å²) in [6, 6.07) is 12.3. The van der Waals surface area contributed by atoms with E-state index >= 15 is 0 Å². The highest BCUT2D eigenvalue weighted by Gasteiger charge is 2.10. The van der Waals surface area contributed by atoms with Crippen molar-refractivity contribution in [2.75, 3.05) is 11.9 Å². The minimum Gasteiger partial charge on any atom is -0.370 e. The van der Waals surface area contributed by atoms with Crippen LogP contribution in [-0.4, -0.2) is 12.0 Å². The summed E-state index contributed by atoms with van der Waals surface area (Å²) in [7, 11) is 2.08. The topological polar surface area (TPSA) is 42.1 Å². The molecule has 2 aromatic rings. The van der Waals surface area contributed by atoms with Crippen molar-refractivity contribution in [1.29, 1.82) is 0 Å². The van der Waals surface area contributed by atoms with Crippen molar-refractivity contribution in [2.45, 2.75) is 19.5 Å². The Kier molecular flexibility index (Phi) is 3.95. The SMILES string of the molecule is CC(N)c1ccccc1N(C)Cc1cccnc1. The summed E-state index contributed by atoms with van der Waals surface area (Å²) < 4.78 is 0. The van der Waals surface area contributed by atoms with Gasteiger partial charge in [-0.15, -0.1) is 0 Å². The van der Waals surface area contributed by atoms with Crippen LogP contribution >= 0.6 is 0 Å². The number of nitrogens with zero attached hydrogens (tertiary/aromatic N) is 2. The van der Waals surface area contributed by atoms with Gasteiger partial charge in [-0.3, -0.25) is 4.98 Å². The van der Waals surface area contributed by atoms with Gasteiger partial charge in [0.1, 0.15) is 0 Å². The molecule has 2 rings (SSSR count). The average Bonchev–Trinajstić information content (AvgIpc) is 2.40. The molecule has 0 bridgehead atoms. The molecular formula is C15H19N3. The van der Waals surface area contributed by atoms with Crippen LogP contribution in [0.4, 0.5) is 5.69 Å². The van der Waals surface area contributed by atoms with Crippen LogP contribution in [-0.2, 0) is 6.54 Å². The molecule has 18 heavy (non-hydrogen) atoms. The maximum atomic E-state index is 6.01. The smallest absolute Gasteiger partial charge is 0.0441 e. The molecule has 1 unspecified atom stereocenters. The molecule has 0 spiro atoms. The maximum Gasteiger partial charge on any atom is 0.0441 e. The summed E-state index contributed by atoms with van der Waals surface area (Å²) in [5.74, 6) is 0. The Morgan fingerprint density at radius 1 is 1.22 bits per heavy atom. The summed E-state index contributed by atoms with van der Waals surface area (Å²) >= 11 is 0. The van der Waals surface area contributed by atoms with E-state index in [0.717, 1.165) is 6.54 Å². The molecule has 0 saturated carbocycles. The Morgan fingerprint density at radius 3 is 2.67 bits per heavy atom. The minimum atomic E-state index is 0.0394. The third-order valence-corrected chi connectivity index (χ3v) is 2.98. The van der Waals surface area contributed by atoms with Crippen molar-refractivity contribution >= 4 is 5.69 Å². The number of rotatable bonds is 4. The lowest BCUT2D eigenvalue weighted by atomic mass is 10.1. The second kappa shape index (κ2) is 5.65. The van der Waals surface area contributed by atoms with E-state index in [1.165, 1.54) is 16.8 Å². The van der Waals surface area contributed by atoms with Crippen molar-refractivity contribution in [3.63, 3.8) is 0 Å². The van der Waals surface area contributed by atoms with Gasteiger partial charge in [-0.05, 0) is 30.2 Å². The van der Waals surface area contributed by atoms with E-state index in [1.54, 1.807) is 6.20 Å². The van der Waals surface area contributed by atoms with E-state index < -0.39 is 0 Å². The fraction of sp³-hybridized carbons (Fsp3) is 0.267. The molecule has 94 valence electrons. The van der Waals surface area contributed by atoms with Gasteiger partial charge in [0.25, 0.3) is 0 Å². The first-order valence-corrected chi connectivity index (χ1v) is 6.13. The minimum absolute atomic E-state index is 0.0394. The number of hydrogen-bond acceptors (Lipinski definition) is 3. The first kappa shape index (κ1) is 12.6. The highest BCUT2D eigenvalue weighted by Crippen LogP contribution is 2.25. The second-order valence-electron chi connectivity index (χ2n) is 4.56. The highest BCUT2D eigenvalue weighted by atomic mass is 15.1. The molecule has 0 aliphatic carbocycles. The molecule has 0 fully saturated rings. The summed E-state index contributed by atoms with van der Waals surface area (Å²) in [5.41, 5.74) is 9.55. The Labute approximate surface area is 108 Å². The zero-order valence-electron chi connectivity index (χ0n) is 10.9. The molecule has 0 aliphatic rings. The molecule has 0 aliphatic heterocycles. The van der Waals surface area contributed by atoms with Crippen LogP contribution in [0, 0.1) is 0 Å². The van der Waals surface area contributed by atoms with Crippen LogP contribution in [0.3, 0.4) is 0 Å². The van der Waals surface area contributed by atoms with E-state index in [-0.39, 0.29) is 6.04 Å². The number of hydrogen-bond donors (Lipinski definition) is 1. The van der Waals surface area contributed by atoms with Crippen LogP contribution in [0.15, 0.2) is 48.8 Å². The van der Waals surface area contributed by atoms with Crippen LogP contribution < -0.4 is 10.6 Å². The predicted molar refractivity (Wildman–Crippen MR) is 75.4 cm³/mol. The Bertz CT molecular complexity index is 494. The van der Waals surface area contributed by atoms with Crippen LogP contribution in [0.5, 0.6) is 0 Å². The second-order valence-corrected chi connectivity index (χ2v) is 4.56. The molecule has 1 aromatic heterocycles. The summed E-state index contributed by atoms with van der Waals surface area (Å²) in [6.45, 7) is 2.84. The fourth-order valence-electron chi connectivity index (χ4n) is 2.07. The number of para-hydroxylation sites is 1. The van der Waals surface area contributed by atoms with E-state index in [9.17, 15) is 0 Å². The maximum absolute atomic E-state index is 6.01. The standard InChI is InChI=1S/C15H19N3/c1-12(16)14-7-3-4-8-15(14)18(2)11-13-6-5-9-17-10-13/h3-10,12H,11,16H2,1-2H3. The first-order valence-electron chi connectivity index (χ1n) is 6.13. The third-order valence-electron chi connectivity index (χ3n) is 2.98. The van der Waals surface area contributed by atoms with Gasteiger partial charge in [0.2, 0.25) is 0 Å². The van der Waals surface area contributed by atoms with E-state index in [4.69, 9.17) is 5.73 Å². The number of pyridine rings is 1. The molecule has 1 aromatic carbocycles. The summed E-state index contributed by atoms with van der Waals surface area (Å²) in [4.78, 5) is 6.34. The fourth-order valence-corrected chi connectivity index (χ4v) is 2.07. The number of nitrogens with two attached hydrogens (primary N) is 1. The lowest BCUT2D eigenvalue weighted by Gasteiger charge is -2.23. The Morgan fingerprint density at radius 2 is 2.00 bits per heavy atom. The van der Waals surface area contributed by atoms with Gasteiger partial charge in [-0.25, -0.2) is 0 Å². The third kappa shape index (κ3) is 2.87. The van der Waals surface area contributed by atoms with Crippen molar-refractivity contribution in [3.05, 3.63) is 59.9 Å². The molecule has 2 N–H and O–H groups in total. The van der Waals surface area contributed by atoms with Crippen LogP contribution in [0.1, 0.15) is 24.1 Å². The molecular weight excluding hydrogens is 222 g/mol. The summed E-state index contributed by atoms with van der Waals surface area (Å²) in [5, 5.41) is 0. The lowest BCUT2D eigenvalue weighted by molar-refractivity contribution is 0.800. The molecule has 0 amide bonds. The van der Waals surface area contributed by atoms with Gasteiger partial charge in [0.05, 0.1) is 0 Å². The van der Waals surface area contributed by atoms with Crippen molar-refractivity contribution in [3.8, 4) is 0 Å². The quantitative estimate of drug-likeness (QED) is 0.895. The predicted octanol–water partition coefficient (Wildman–Crippen LogP) is 2.74. The molecule has 1 atom stereocenters. The van der Waals surface area contributed by atoms with E-state index in [1.807, 2.05) is 31.3 Å². The summed E-state index contributed by atoms with van der Waals surface area (Å²) in [6.07, 6.45) is 3.68. The van der Waals surface area contributed by atoms with Gasteiger partial charge in [0, 0.05) is 37.7 Å². The van der Waals surface area contributed by atoms with Gasteiger partial charge < -0.3 is 10.6 Å². The Balaban J connectivity index is 2.21. The molecule has 3 nitrogen and oxygen atoms in total. The number of benzene rings is 1. The number of aromatic nitrogens is 1. The van der Waals surface area contributed by atoms with Gasteiger partial charge in [-0.1, -0.05) is 24.3 Å². The molecule has 1 heterocycles. The first-order chi connectivity index (χ1) is 8.68. The average molecular weight is 241 g/mol. The van der Waals surface area contributed by atoms with Crippen molar-refractivity contribution in [1.82, 2.24) is 4.98 Å². The van der Waals surface area contributed by atoms with Crippen molar-refractivity contribution < 1.29 is 0 Å². The number of anilines is 1. The van der Waals surface area contributed by atoms with E-state index in [2.05, 4.69) is 35.1 Å². The van der Waals surface area contributed by atoms with Crippen LogP contribution in [0.2, 0.25) is 0 Å². The molecule has 0 radical (unpaired) electrons. The van der Waals surface area contributed by atoms with Gasteiger partial charge >= 0.3 is 0 Å². The zero-order valence-corrected chi connectivity index (χ0v) is 10.9.